The van der Waals surface area contributed by atoms with Crippen LogP contribution in [0.15, 0.2) is 24.3 Å². The number of hydrogen-bond donors (Lipinski definition) is 2. The fourth-order valence-corrected chi connectivity index (χ4v) is 1.07. The Hall–Kier alpha value is -1.06. The summed E-state index contributed by atoms with van der Waals surface area (Å²) in [5.41, 5.74) is 0.537. The van der Waals surface area contributed by atoms with Crippen molar-refractivity contribution in [1.29, 1.82) is 0 Å². The largest absolute Gasteiger partial charge is 0.392 e. The minimum atomic E-state index is -0.536. The van der Waals surface area contributed by atoms with Crippen molar-refractivity contribution >= 4 is 17.5 Å². The SMILES string of the molecule is CC(O)CNC(=O)c1ccc(Cl)cc1. The summed E-state index contributed by atoms with van der Waals surface area (Å²) in [6.07, 6.45) is -0.536. The van der Waals surface area contributed by atoms with Gasteiger partial charge in [0.1, 0.15) is 0 Å². The zero-order chi connectivity index (χ0) is 10.6. The number of aliphatic hydroxyl groups excluding tert-OH is 1. The van der Waals surface area contributed by atoms with Crippen LogP contribution >= 0.6 is 11.6 Å². The molecule has 0 bridgehead atoms. The highest BCUT2D eigenvalue weighted by molar-refractivity contribution is 6.30. The van der Waals surface area contributed by atoms with E-state index in [1.165, 1.54) is 0 Å². The van der Waals surface area contributed by atoms with E-state index in [0.717, 1.165) is 0 Å². The molecule has 1 amide bonds. The molecule has 3 nitrogen and oxygen atoms in total. The van der Waals surface area contributed by atoms with Gasteiger partial charge in [0, 0.05) is 17.1 Å². The van der Waals surface area contributed by atoms with Gasteiger partial charge >= 0.3 is 0 Å². The molecule has 1 atom stereocenters. The Morgan fingerprint density at radius 2 is 2.07 bits per heavy atom. The van der Waals surface area contributed by atoms with Gasteiger partial charge in [-0.2, -0.15) is 0 Å². The Morgan fingerprint density at radius 1 is 1.50 bits per heavy atom. The van der Waals surface area contributed by atoms with Gasteiger partial charge in [-0.1, -0.05) is 11.6 Å². The van der Waals surface area contributed by atoms with Crippen molar-refractivity contribution in [2.24, 2.45) is 0 Å². The van der Waals surface area contributed by atoms with Crippen LogP contribution in [-0.4, -0.2) is 23.7 Å². The summed E-state index contributed by atoms with van der Waals surface area (Å²) in [4.78, 5) is 11.4. The van der Waals surface area contributed by atoms with Crippen LogP contribution < -0.4 is 5.32 Å². The number of aliphatic hydroxyl groups is 1. The van der Waals surface area contributed by atoms with Crippen LogP contribution in [-0.2, 0) is 0 Å². The second kappa shape index (κ2) is 4.98. The number of nitrogens with one attached hydrogen (secondary N) is 1. The highest BCUT2D eigenvalue weighted by Gasteiger charge is 2.05. The summed E-state index contributed by atoms with van der Waals surface area (Å²) in [5, 5.41) is 12.1. The second-order valence-corrected chi connectivity index (χ2v) is 3.50. The first-order valence-corrected chi connectivity index (χ1v) is 4.69. The molecule has 2 N–H and O–H groups in total. The topological polar surface area (TPSA) is 49.3 Å². The van der Waals surface area contributed by atoms with E-state index in [-0.39, 0.29) is 12.5 Å². The molecule has 0 aliphatic carbocycles. The van der Waals surface area contributed by atoms with E-state index in [9.17, 15) is 4.79 Å². The van der Waals surface area contributed by atoms with Gasteiger partial charge in [-0.25, -0.2) is 0 Å². The third-order valence-electron chi connectivity index (χ3n) is 1.66. The molecule has 0 saturated heterocycles. The van der Waals surface area contributed by atoms with Gasteiger partial charge in [0.25, 0.3) is 5.91 Å². The molecule has 0 radical (unpaired) electrons. The molecule has 4 heteroatoms. The van der Waals surface area contributed by atoms with E-state index in [0.29, 0.717) is 10.6 Å². The number of benzene rings is 1. The Kier molecular flexibility index (Phi) is 3.92. The predicted octanol–water partition coefficient (Wildman–Crippen LogP) is 1.45. The highest BCUT2D eigenvalue weighted by atomic mass is 35.5. The lowest BCUT2D eigenvalue weighted by Gasteiger charge is -2.06. The van der Waals surface area contributed by atoms with Crippen LogP contribution in [0.4, 0.5) is 0 Å². The van der Waals surface area contributed by atoms with Crippen molar-refractivity contribution in [3.63, 3.8) is 0 Å². The summed E-state index contributed by atoms with van der Waals surface area (Å²) >= 11 is 5.67. The van der Waals surface area contributed by atoms with E-state index in [1.54, 1.807) is 31.2 Å². The molecular weight excluding hydrogens is 202 g/mol. The van der Waals surface area contributed by atoms with Crippen LogP contribution in [0.5, 0.6) is 0 Å². The van der Waals surface area contributed by atoms with E-state index < -0.39 is 6.10 Å². The molecule has 76 valence electrons. The van der Waals surface area contributed by atoms with Gasteiger partial charge in [0.15, 0.2) is 0 Å². The molecule has 1 aromatic rings. The number of hydrogen-bond acceptors (Lipinski definition) is 2. The molecule has 1 aromatic carbocycles. The summed E-state index contributed by atoms with van der Waals surface area (Å²) in [6.45, 7) is 1.86. The average molecular weight is 214 g/mol. The van der Waals surface area contributed by atoms with Gasteiger partial charge in [-0.05, 0) is 31.2 Å². The van der Waals surface area contributed by atoms with Gasteiger partial charge in [-0.3, -0.25) is 4.79 Å². The van der Waals surface area contributed by atoms with Crippen molar-refractivity contribution in [2.45, 2.75) is 13.0 Å². The first-order valence-electron chi connectivity index (χ1n) is 4.31. The molecule has 0 heterocycles. The summed E-state index contributed by atoms with van der Waals surface area (Å²) in [5.74, 6) is -0.206. The number of carbonyl (C=O) groups is 1. The van der Waals surface area contributed by atoms with E-state index in [2.05, 4.69) is 5.32 Å². The number of carbonyl (C=O) groups excluding carboxylic acids is 1. The monoisotopic (exact) mass is 213 g/mol. The van der Waals surface area contributed by atoms with Crippen molar-refractivity contribution in [3.8, 4) is 0 Å². The molecular formula is C10H12ClNO2. The van der Waals surface area contributed by atoms with Crippen LogP contribution in [0.3, 0.4) is 0 Å². The predicted molar refractivity (Wildman–Crippen MR) is 55.5 cm³/mol. The van der Waals surface area contributed by atoms with Crippen LogP contribution in [0.25, 0.3) is 0 Å². The molecule has 14 heavy (non-hydrogen) atoms. The first-order chi connectivity index (χ1) is 6.59. The van der Waals surface area contributed by atoms with Crippen molar-refractivity contribution in [2.75, 3.05) is 6.54 Å². The van der Waals surface area contributed by atoms with Crippen LogP contribution in [0, 0.1) is 0 Å². The lowest BCUT2D eigenvalue weighted by Crippen LogP contribution is -2.30. The quantitative estimate of drug-likeness (QED) is 0.799. The number of rotatable bonds is 3. The fourth-order valence-electron chi connectivity index (χ4n) is 0.944. The van der Waals surface area contributed by atoms with Crippen LogP contribution in [0.1, 0.15) is 17.3 Å². The lowest BCUT2D eigenvalue weighted by molar-refractivity contribution is 0.0924. The van der Waals surface area contributed by atoms with Gasteiger partial charge < -0.3 is 10.4 Å². The Bertz CT molecular complexity index is 308. The maximum absolute atomic E-state index is 11.4. The third-order valence-corrected chi connectivity index (χ3v) is 1.92. The Labute approximate surface area is 87.7 Å². The number of halogens is 1. The normalized spacial score (nSPS) is 12.2. The Morgan fingerprint density at radius 3 is 2.57 bits per heavy atom. The first kappa shape index (κ1) is 11.0. The fraction of sp³-hybridized carbons (Fsp3) is 0.300. The van der Waals surface area contributed by atoms with E-state index >= 15 is 0 Å². The maximum atomic E-state index is 11.4. The number of amides is 1. The van der Waals surface area contributed by atoms with Gasteiger partial charge in [0.2, 0.25) is 0 Å². The van der Waals surface area contributed by atoms with Crippen molar-refractivity contribution in [3.05, 3.63) is 34.9 Å². The maximum Gasteiger partial charge on any atom is 0.251 e. The van der Waals surface area contributed by atoms with Crippen molar-refractivity contribution in [1.82, 2.24) is 5.32 Å². The second-order valence-electron chi connectivity index (χ2n) is 3.07. The summed E-state index contributed by atoms with van der Waals surface area (Å²) < 4.78 is 0. The molecule has 1 rings (SSSR count). The zero-order valence-corrected chi connectivity index (χ0v) is 8.58. The molecule has 0 aromatic heterocycles. The van der Waals surface area contributed by atoms with E-state index in [4.69, 9.17) is 16.7 Å². The van der Waals surface area contributed by atoms with Crippen molar-refractivity contribution < 1.29 is 9.90 Å². The smallest absolute Gasteiger partial charge is 0.251 e. The summed E-state index contributed by atoms with van der Waals surface area (Å²) in [7, 11) is 0. The molecule has 0 spiro atoms. The van der Waals surface area contributed by atoms with E-state index in [1.807, 2.05) is 0 Å². The molecule has 0 aliphatic heterocycles. The molecule has 0 saturated carbocycles. The summed E-state index contributed by atoms with van der Waals surface area (Å²) in [6, 6.07) is 6.58. The van der Waals surface area contributed by atoms with Crippen LogP contribution in [0.2, 0.25) is 5.02 Å². The standard InChI is InChI=1S/C10H12ClNO2/c1-7(13)6-12-10(14)8-2-4-9(11)5-3-8/h2-5,7,13H,6H2,1H3,(H,12,14). The van der Waals surface area contributed by atoms with Gasteiger partial charge in [0.05, 0.1) is 6.10 Å². The highest BCUT2D eigenvalue weighted by Crippen LogP contribution is 2.09. The molecule has 0 aliphatic rings. The lowest BCUT2D eigenvalue weighted by atomic mass is 10.2. The molecule has 0 fully saturated rings. The average Bonchev–Trinajstić information content (AvgIpc) is 2.15. The molecule has 1 unspecified atom stereocenters. The third kappa shape index (κ3) is 3.36. The minimum absolute atomic E-state index is 0.206. The Balaban J connectivity index is 2.57. The zero-order valence-electron chi connectivity index (χ0n) is 7.83. The minimum Gasteiger partial charge on any atom is -0.392 e. The van der Waals surface area contributed by atoms with Gasteiger partial charge in [-0.15, -0.1) is 0 Å².